The van der Waals surface area contributed by atoms with Crippen LogP contribution in [0.2, 0.25) is 0 Å². The van der Waals surface area contributed by atoms with E-state index in [4.69, 9.17) is 0 Å². The Balaban J connectivity index is 1.74. The minimum atomic E-state index is -0.150. The standard InChI is InChI=1S/C18H20N2O3S/c1-12-3-9-17(24-12)16(22)8-10-18(23)19-11-14-4-6-15(7-5-14)20-13(2)21/h3-7,9H,8,10-11H2,1-2H3,(H,19,23)(H,20,21). The predicted molar refractivity (Wildman–Crippen MR) is 95.2 cm³/mol. The lowest BCUT2D eigenvalue weighted by Gasteiger charge is -2.06. The molecule has 0 unspecified atom stereocenters. The molecule has 2 amide bonds. The summed E-state index contributed by atoms with van der Waals surface area (Å²) in [7, 11) is 0. The van der Waals surface area contributed by atoms with Gasteiger partial charge < -0.3 is 10.6 Å². The van der Waals surface area contributed by atoms with Crippen LogP contribution in [0.4, 0.5) is 5.69 Å². The largest absolute Gasteiger partial charge is 0.352 e. The average Bonchev–Trinajstić information content (AvgIpc) is 2.98. The summed E-state index contributed by atoms with van der Waals surface area (Å²) in [6.07, 6.45) is 0.396. The Morgan fingerprint density at radius 2 is 1.71 bits per heavy atom. The molecule has 24 heavy (non-hydrogen) atoms. The smallest absolute Gasteiger partial charge is 0.221 e. The number of carbonyl (C=O) groups excluding carboxylic acids is 3. The zero-order valence-electron chi connectivity index (χ0n) is 13.7. The molecule has 0 atom stereocenters. The first kappa shape index (κ1) is 17.9. The molecule has 126 valence electrons. The van der Waals surface area contributed by atoms with E-state index in [1.165, 1.54) is 18.3 Å². The van der Waals surface area contributed by atoms with Crippen LogP contribution in [0.15, 0.2) is 36.4 Å². The molecular weight excluding hydrogens is 324 g/mol. The van der Waals surface area contributed by atoms with Crippen molar-refractivity contribution < 1.29 is 14.4 Å². The number of amides is 2. The molecule has 5 nitrogen and oxygen atoms in total. The van der Waals surface area contributed by atoms with Gasteiger partial charge in [0.1, 0.15) is 0 Å². The fourth-order valence-corrected chi connectivity index (χ4v) is 2.97. The summed E-state index contributed by atoms with van der Waals surface area (Å²) in [5, 5.41) is 5.48. The number of hydrogen-bond acceptors (Lipinski definition) is 4. The molecule has 2 N–H and O–H groups in total. The molecule has 2 rings (SSSR count). The zero-order valence-corrected chi connectivity index (χ0v) is 14.5. The topological polar surface area (TPSA) is 75.3 Å². The molecule has 0 bridgehead atoms. The first-order valence-electron chi connectivity index (χ1n) is 7.67. The Morgan fingerprint density at radius 3 is 2.29 bits per heavy atom. The van der Waals surface area contributed by atoms with E-state index in [1.807, 2.05) is 25.1 Å². The van der Waals surface area contributed by atoms with Crippen LogP contribution in [0.3, 0.4) is 0 Å². The van der Waals surface area contributed by atoms with Crippen LogP contribution >= 0.6 is 11.3 Å². The van der Waals surface area contributed by atoms with E-state index < -0.39 is 0 Å². The van der Waals surface area contributed by atoms with Gasteiger partial charge in [0.25, 0.3) is 0 Å². The quantitative estimate of drug-likeness (QED) is 0.757. The minimum Gasteiger partial charge on any atom is -0.352 e. The average molecular weight is 344 g/mol. The Hall–Kier alpha value is -2.47. The maximum absolute atomic E-state index is 12.0. The molecule has 0 saturated carbocycles. The molecule has 0 fully saturated rings. The number of rotatable bonds is 7. The third kappa shape index (κ3) is 5.62. The second kappa shape index (κ2) is 8.40. The maximum Gasteiger partial charge on any atom is 0.221 e. The van der Waals surface area contributed by atoms with Gasteiger partial charge in [-0.2, -0.15) is 0 Å². The monoisotopic (exact) mass is 344 g/mol. The summed E-state index contributed by atoms with van der Waals surface area (Å²) in [6, 6.07) is 11.0. The number of nitrogens with one attached hydrogen (secondary N) is 2. The Kier molecular flexibility index (Phi) is 6.26. The summed E-state index contributed by atoms with van der Waals surface area (Å²) in [6.45, 7) is 3.80. The number of ketones is 1. The van der Waals surface area contributed by atoms with Crippen molar-refractivity contribution in [2.75, 3.05) is 5.32 Å². The van der Waals surface area contributed by atoms with Crippen molar-refractivity contribution in [3.05, 3.63) is 51.7 Å². The first-order chi connectivity index (χ1) is 11.4. The minimum absolute atomic E-state index is 0.00269. The van der Waals surface area contributed by atoms with Crippen molar-refractivity contribution in [1.82, 2.24) is 5.32 Å². The number of anilines is 1. The molecule has 1 heterocycles. The van der Waals surface area contributed by atoms with Gasteiger partial charge in [0.15, 0.2) is 5.78 Å². The third-order valence-corrected chi connectivity index (χ3v) is 4.40. The van der Waals surface area contributed by atoms with Crippen molar-refractivity contribution in [3.63, 3.8) is 0 Å². The molecule has 0 saturated heterocycles. The maximum atomic E-state index is 12.0. The van der Waals surface area contributed by atoms with Gasteiger partial charge in [0, 0.05) is 36.9 Å². The van der Waals surface area contributed by atoms with Gasteiger partial charge in [-0.1, -0.05) is 12.1 Å². The first-order valence-corrected chi connectivity index (χ1v) is 8.48. The SMILES string of the molecule is CC(=O)Nc1ccc(CNC(=O)CCC(=O)c2ccc(C)s2)cc1. The zero-order chi connectivity index (χ0) is 17.5. The van der Waals surface area contributed by atoms with Crippen molar-refractivity contribution in [2.24, 2.45) is 0 Å². The Morgan fingerprint density at radius 1 is 1.00 bits per heavy atom. The number of aryl methyl sites for hydroxylation is 1. The molecular formula is C18H20N2O3S. The van der Waals surface area contributed by atoms with E-state index in [9.17, 15) is 14.4 Å². The van der Waals surface area contributed by atoms with Gasteiger partial charge >= 0.3 is 0 Å². The summed E-state index contributed by atoms with van der Waals surface area (Å²) in [4.78, 5) is 36.6. The molecule has 0 spiro atoms. The van der Waals surface area contributed by atoms with E-state index >= 15 is 0 Å². The van der Waals surface area contributed by atoms with E-state index in [2.05, 4.69) is 10.6 Å². The number of hydrogen-bond donors (Lipinski definition) is 2. The Bertz CT molecular complexity index is 735. The highest BCUT2D eigenvalue weighted by atomic mass is 32.1. The second-order valence-corrected chi connectivity index (χ2v) is 6.78. The van der Waals surface area contributed by atoms with E-state index in [1.54, 1.807) is 18.2 Å². The predicted octanol–water partition coefficient (Wildman–Crippen LogP) is 3.29. The summed E-state index contributed by atoms with van der Waals surface area (Å²) in [5.41, 5.74) is 1.65. The number of Topliss-reactive ketones (excluding diaryl/α,β-unsaturated/α-hetero) is 1. The van der Waals surface area contributed by atoms with E-state index in [0.29, 0.717) is 11.4 Å². The number of thiophene rings is 1. The van der Waals surface area contributed by atoms with Gasteiger partial charge in [-0.15, -0.1) is 11.3 Å². The summed E-state index contributed by atoms with van der Waals surface area (Å²) in [5.74, 6) is -0.271. The molecule has 0 aliphatic carbocycles. The van der Waals surface area contributed by atoms with Gasteiger partial charge in [-0.25, -0.2) is 0 Å². The van der Waals surface area contributed by atoms with Crippen molar-refractivity contribution >= 4 is 34.6 Å². The molecule has 0 aliphatic heterocycles. The van der Waals surface area contributed by atoms with Crippen LogP contribution < -0.4 is 10.6 Å². The lowest BCUT2D eigenvalue weighted by atomic mass is 10.1. The van der Waals surface area contributed by atoms with Crippen molar-refractivity contribution in [2.45, 2.75) is 33.2 Å². The van der Waals surface area contributed by atoms with Crippen LogP contribution in [0.25, 0.3) is 0 Å². The molecule has 1 aromatic heterocycles. The molecule has 1 aromatic carbocycles. The molecule has 6 heteroatoms. The fourth-order valence-electron chi connectivity index (χ4n) is 2.13. The highest BCUT2D eigenvalue weighted by Gasteiger charge is 2.11. The van der Waals surface area contributed by atoms with Crippen LogP contribution in [0.5, 0.6) is 0 Å². The van der Waals surface area contributed by atoms with Gasteiger partial charge in [-0.05, 0) is 36.8 Å². The van der Waals surface area contributed by atoms with Crippen LogP contribution in [0.1, 0.15) is 39.9 Å². The van der Waals surface area contributed by atoms with Crippen LogP contribution in [-0.2, 0) is 16.1 Å². The summed E-state index contributed by atoms with van der Waals surface area (Å²) < 4.78 is 0. The highest BCUT2D eigenvalue weighted by Crippen LogP contribution is 2.17. The number of carbonyl (C=O) groups is 3. The van der Waals surface area contributed by atoms with Gasteiger partial charge in [0.05, 0.1) is 4.88 Å². The van der Waals surface area contributed by atoms with Gasteiger partial charge in [0.2, 0.25) is 11.8 Å². The van der Waals surface area contributed by atoms with E-state index in [0.717, 1.165) is 16.1 Å². The van der Waals surface area contributed by atoms with Crippen molar-refractivity contribution in [1.29, 1.82) is 0 Å². The lowest BCUT2D eigenvalue weighted by molar-refractivity contribution is -0.121. The molecule has 2 aromatic rings. The highest BCUT2D eigenvalue weighted by molar-refractivity contribution is 7.14. The third-order valence-electron chi connectivity index (χ3n) is 3.36. The van der Waals surface area contributed by atoms with Crippen LogP contribution in [0, 0.1) is 6.92 Å². The normalized spacial score (nSPS) is 10.2. The van der Waals surface area contributed by atoms with Gasteiger partial charge in [-0.3, -0.25) is 14.4 Å². The van der Waals surface area contributed by atoms with Crippen molar-refractivity contribution in [3.8, 4) is 0 Å². The molecule has 0 radical (unpaired) electrons. The molecule has 0 aliphatic rings. The Labute approximate surface area is 145 Å². The summed E-state index contributed by atoms with van der Waals surface area (Å²) >= 11 is 1.45. The lowest BCUT2D eigenvalue weighted by Crippen LogP contribution is -2.23. The van der Waals surface area contributed by atoms with E-state index in [-0.39, 0.29) is 30.4 Å². The van der Waals surface area contributed by atoms with Crippen LogP contribution in [-0.4, -0.2) is 17.6 Å². The second-order valence-electron chi connectivity index (χ2n) is 5.49. The fraction of sp³-hybridized carbons (Fsp3) is 0.278. The number of benzene rings is 1.